The molecule has 0 unspecified atom stereocenters. The Balaban J connectivity index is 1.25. The molecule has 5 aromatic rings. The lowest BCUT2D eigenvalue weighted by Gasteiger charge is -2.05. The van der Waals surface area contributed by atoms with Crippen LogP contribution in [0.3, 0.4) is 0 Å². The summed E-state index contributed by atoms with van der Waals surface area (Å²) >= 11 is 2.92. The highest BCUT2D eigenvalue weighted by atomic mass is 32.2. The summed E-state index contributed by atoms with van der Waals surface area (Å²) in [6.07, 6.45) is 1.94. The number of fused-ring (bicyclic) bond motifs is 2. The van der Waals surface area contributed by atoms with E-state index in [2.05, 4.69) is 25.6 Å². The van der Waals surface area contributed by atoms with Crippen LogP contribution >= 0.6 is 23.1 Å². The second kappa shape index (κ2) is 7.88. The first-order chi connectivity index (χ1) is 15.7. The van der Waals surface area contributed by atoms with Crippen LogP contribution in [0.4, 0.5) is 5.13 Å². The van der Waals surface area contributed by atoms with Crippen molar-refractivity contribution in [3.63, 3.8) is 0 Å². The number of carbonyl (C=O) groups excluding carboxylic acids is 1. The molecule has 10 heteroatoms. The van der Waals surface area contributed by atoms with Gasteiger partial charge in [0.25, 0.3) is 0 Å². The molecule has 1 aliphatic carbocycles. The van der Waals surface area contributed by atoms with Crippen molar-refractivity contribution in [2.45, 2.75) is 22.9 Å². The van der Waals surface area contributed by atoms with E-state index in [1.807, 2.05) is 54.6 Å². The number of anilines is 1. The Hall–Kier alpha value is -3.50. The van der Waals surface area contributed by atoms with Crippen LogP contribution in [0, 0.1) is 5.92 Å². The molecule has 2 aromatic carbocycles. The molecule has 0 aliphatic heterocycles. The third-order valence-electron chi connectivity index (χ3n) is 4.92. The molecule has 0 atom stereocenters. The van der Waals surface area contributed by atoms with Gasteiger partial charge in [0.2, 0.25) is 16.9 Å². The van der Waals surface area contributed by atoms with Crippen molar-refractivity contribution in [1.29, 1.82) is 0 Å². The number of para-hydroxylation sites is 1. The molecule has 1 N–H and O–H groups in total. The average Bonchev–Trinajstić information content (AvgIpc) is 3.48. The van der Waals surface area contributed by atoms with E-state index in [1.165, 1.54) is 23.1 Å². The number of amides is 1. The van der Waals surface area contributed by atoms with E-state index in [4.69, 9.17) is 4.74 Å². The lowest BCUT2D eigenvalue weighted by Crippen LogP contribution is -2.12. The van der Waals surface area contributed by atoms with Gasteiger partial charge in [0.15, 0.2) is 10.8 Å². The Morgan fingerprint density at radius 3 is 2.81 bits per heavy atom. The number of rotatable bonds is 6. The zero-order chi connectivity index (χ0) is 21.5. The van der Waals surface area contributed by atoms with Crippen molar-refractivity contribution in [1.82, 2.24) is 24.8 Å². The van der Waals surface area contributed by atoms with E-state index in [0.29, 0.717) is 27.6 Å². The molecule has 3 heterocycles. The molecular weight excluding hydrogens is 444 g/mol. The largest absolute Gasteiger partial charge is 0.438 e. The summed E-state index contributed by atoms with van der Waals surface area (Å²) in [4.78, 5) is 17.5. The number of hydrogen-bond donors (Lipinski definition) is 1. The summed E-state index contributed by atoms with van der Waals surface area (Å²) in [5.41, 5.74) is 1.49. The number of carbonyl (C=O) groups is 1. The Morgan fingerprint density at radius 1 is 1.09 bits per heavy atom. The Bertz CT molecular complexity index is 1450. The van der Waals surface area contributed by atoms with Gasteiger partial charge in [0.05, 0.1) is 10.2 Å². The quantitative estimate of drug-likeness (QED) is 0.380. The van der Waals surface area contributed by atoms with Gasteiger partial charge >= 0.3 is 0 Å². The molecule has 8 nitrogen and oxygen atoms in total. The Labute approximate surface area is 190 Å². The molecule has 0 saturated heterocycles. The molecule has 32 heavy (non-hydrogen) atoms. The van der Waals surface area contributed by atoms with E-state index < -0.39 is 0 Å². The van der Waals surface area contributed by atoms with Crippen molar-refractivity contribution in [3.8, 4) is 11.6 Å². The first-order valence-corrected chi connectivity index (χ1v) is 11.7. The van der Waals surface area contributed by atoms with E-state index in [1.54, 1.807) is 10.6 Å². The highest BCUT2D eigenvalue weighted by Crippen LogP contribution is 2.35. The second-order valence-corrected chi connectivity index (χ2v) is 9.42. The molecular formula is C22H16N6O2S2. The second-order valence-electron chi connectivity index (χ2n) is 7.35. The SMILES string of the molecule is O=C(Nc1nc2ccc(Sc3nnc4ccc(Oc5ccccc5)nn34)cc2s1)C1CC1. The fraction of sp³-hybridized carbons (Fsp3) is 0.136. The lowest BCUT2D eigenvalue weighted by atomic mass is 10.3. The number of hydrogen-bond acceptors (Lipinski definition) is 8. The van der Waals surface area contributed by atoms with E-state index in [9.17, 15) is 4.79 Å². The monoisotopic (exact) mass is 460 g/mol. The highest BCUT2D eigenvalue weighted by molar-refractivity contribution is 7.99. The molecule has 0 bridgehead atoms. The fourth-order valence-corrected chi connectivity index (χ4v) is 4.97. The maximum absolute atomic E-state index is 12.0. The summed E-state index contributed by atoms with van der Waals surface area (Å²) in [6, 6.07) is 19.1. The van der Waals surface area contributed by atoms with Gasteiger partial charge in [-0.2, -0.15) is 4.52 Å². The van der Waals surface area contributed by atoms with Crippen LogP contribution in [0.1, 0.15) is 12.8 Å². The van der Waals surface area contributed by atoms with Gasteiger partial charge in [-0.15, -0.1) is 15.3 Å². The standard InChI is InChI=1S/C22H16N6O2S2/c29-20(13-6-7-13)24-21-23-16-9-8-15(12-17(16)32-21)31-22-26-25-18-10-11-19(27-28(18)22)30-14-4-2-1-3-5-14/h1-5,8-13H,6-7H2,(H,23,24,29). The van der Waals surface area contributed by atoms with E-state index in [-0.39, 0.29) is 11.8 Å². The van der Waals surface area contributed by atoms with Crippen molar-refractivity contribution in [2.24, 2.45) is 5.92 Å². The maximum atomic E-state index is 12.0. The van der Waals surface area contributed by atoms with E-state index in [0.717, 1.165) is 28.0 Å². The molecule has 0 radical (unpaired) electrons. The van der Waals surface area contributed by atoms with Gasteiger partial charge in [-0.1, -0.05) is 29.5 Å². The molecule has 3 aromatic heterocycles. The molecule has 158 valence electrons. The van der Waals surface area contributed by atoms with Crippen molar-refractivity contribution < 1.29 is 9.53 Å². The molecule has 1 fully saturated rings. The van der Waals surface area contributed by atoms with Crippen molar-refractivity contribution in [3.05, 3.63) is 60.7 Å². The van der Waals surface area contributed by atoms with Crippen LogP contribution in [0.5, 0.6) is 11.6 Å². The summed E-state index contributed by atoms with van der Waals surface area (Å²) < 4.78 is 8.50. The Kier molecular flexibility index (Phi) is 4.73. The molecule has 1 amide bonds. The maximum Gasteiger partial charge on any atom is 0.237 e. The van der Waals surface area contributed by atoms with Gasteiger partial charge in [0.1, 0.15) is 5.75 Å². The smallest absolute Gasteiger partial charge is 0.237 e. The number of nitrogens with zero attached hydrogens (tertiary/aromatic N) is 5. The number of nitrogens with one attached hydrogen (secondary N) is 1. The zero-order valence-corrected chi connectivity index (χ0v) is 18.3. The first kappa shape index (κ1) is 19.2. The fourth-order valence-electron chi connectivity index (χ4n) is 3.16. The van der Waals surface area contributed by atoms with E-state index >= 15 is 0 Å². The topological polar surface area (TPSA) is 94.3 Å². The number of benzene rings is 2. The van der Waals surface area contributed by atoms with Crippen LogP contribution in [-0.2, 0) is 4.79 Å². The molecule has 6 rings (SSSR count). The van der Waals surface area contributed by atoms with Gasteiger partial charge in [-0.05, 0) is 61.0 Å². The predicted molar refractivity (Wildman–Crippen MR) is 122 cm³/mol. The highest BCUT2D eigenvalue weighted by Gasteiger charge is 2.30. The third kappa shape index (κ3) is 3.90. The van der Waals surface area contributed by atoms with Crippen molar-refractivity contribution >= 4 is 50.0 Å². The molecule has 1 saturated carbocycles. The average molecular weight is 461 g/mol. The minimum atomic E-state index is 0.0631. The summed E-state index contributed by atoms with van der Waals surface area (Å²) in [6.45, 7) is 0. The molecule has 0 spiro atoms. The van der Waals surface area contributed by atoms with Gasteiger partial charge in [0, 0.05) is 16.9 Å². The number of aromatic nitrogens is 5. The minimum absolute atomic E-state index is 0.0631. The first-order valence-electron chi connectivity index (χ1n) is 10.1. The predicted octanol–water partition coefficient (Wildman–Crippen LogP) is 5.03. The zero-order valence-electron chi connectivity index (χ0n) is 16.6. The van der Waals surface area contributed by atoms with Gasteiger partial charge in [-0.25, -0.2) is 4.98 Å². The lowest BCUT2D eigenvalue weighted by molar-refractivity contribution is -0.117. The molecule has 1 aliphatic rings. The normalized spacial score (nSPS) is 13.5. The summed E-state index contributed by atoms with van der Waals surface area (Å²) in [7, 11) is 0. The number of ether oxygens (including phenoxy) is 1. The van der Waals surface area contributed by atoms with Gasteiger partial charge < -0.3 is 10.1 Å². The van der Waals surface area contributed by atoms with Crippen molar-refractivity contribution in [2.75, 3.05) is 5.32 Å². The van der Waals surface area contributed by atoms with Crippen LogP contribution in [0.2, 0.25) is 0 Å². The minimum Gasteiger partial charge on any atom is -0.438 e. The summed E-state index contributed by atoms with van der Waals surface area (Å²) in [5, 5.41) is 17.2. The van der Waals surface area contributed by atoms with Crippen LogP contribution in [0.25, 0.3) is 15.9 Å². The van der Waals surface area contributed by atoms with Crippen LogP contribution in [0.15, 0.2) is 70.7 Å². The summed E-state index contributed by atoms with van der Waals surface area (Å²) in [5.74, 6) is 1.38. The van der Waals surface area contributed by atoms with Crippen LogP contribution in [-0.4, -0.2) is 30.7 Å². The Morgan fingerprint density at radius 2 is 1.97 bits per heavy atom. The van der Waals surface area contributed by atoms with Crippen LogP contribution < -0.4 is 10.1 Å². The number of thiazole rings is 1. The van der Waals surface area contributed by atoms with Gasteiger partial charge in [-0.3, -0.25) is 4.79 Å². The third-order valence-corrected chi connectivity index (χ3v) is 6.78.